The number of aliphatic hydroxyl groups excluding tert-OH is 1. The van der Waals surface area contributed by atoms with E-state index in [0.29, 0.717) is 50.9 Å². The van der Waals surface area contributed by atoms with E-state index in [4.69, 9.17) is 9.47 Å². The van der Waals surface area contributed by atoms with E-state index in [-0.39, 0.29) is 23.9 Å². The molecule has 162 valence electrons. The number of hydrogen-bond acceptors (Lipinski definition) is 5. The third-order valence-corrected chi connectivity index (χ3v) is 5.29. The van der Waals surface area contributed by atoms with Crippen LogP contribution in [0.2, 0.25) is 0 Å². The summed E-state index contributed by atoms with van der Waals surface area (Å²) in [6, 6.07) is 5.72. The third kappa shape index (κ3) is 7.33. The Morgan fingerprint density at radius 3 is 2.69 bits per heavy atom. The van der Waals surface area contributed by atoms with Gasteiger partial charge in [0.05, 0.1) is 31.5 Å². The lowest BCUT2D eigenvalue weighted by molar-refractivity contribution is -0.0628. The van der Waals surface area contributed by atoms with E-state index in [1.807, 2.05) is 18.7 Å². The molecule has 29 heavy (non-hydrogen) atoms. The van der Waals surface area contributed by atoms with Crippen molar-refractivity contribution in [3.63, 3.8) is 0 Å². The highest BCUT2D eigenvalue weighted by Crippen LogP contribution is 2.30. The SMILES string of the molecule is CC(C)OC[C@@H](O)CN1CCO[C@H](CN(CC2CC2)C(=O)c2ccc(F)cc2)C1. The molecule has 0 unspecified atom stereocenters. The van der Waals surface area contributed by atoms with Crippen LogP contribution in [0, 0.1) is 11.7 Å². The van der Waals surface area contributed by atoms with Gasteiger partial charge in [-0.05, 0) is 56.9 Å². The van der Waals surface area contributed by atoms with E-state index in [0.717, 1.165) is 19.4 Å². The van der Waals surface area contributed by atoms with Gasteiger partial charge in [0.25, 0.3) is 5.91 Å². The molecule has 0 bridgehead atoms. The largest absolute Gasteiger partial charge is 0.389 e. The molecule has 2 aliphatic rings. The van der Waals surface area contributed by atoms with Crippen molar-refractivity contribution in [2.45, 2.75) is 45.0 Å². The fourth-order valence-electron chi connectivity index (χ4n) is 3.58. The van der Waals surface area contributed by atoms with Crippen LogP contribution >= 0.6 is 0 Å². The summed E-state index contributed by atoms with van der Waals surface area (Å²) in [6.45, 7) is 7.94. The maximum Gasteiger partial charge on any atom is 0.253 e. The van der Waals surface area contributed by atoms with E-state index >= 15 is 0 Å². The zero-order valence-corrected chi connectivity index (χ0v) is 17.4. The summed E-state index contributed by atoms with van der Waals surface area (Å²) < 4.78 is 24.6. The molecule has 1 aliphatic heterocycles. The van der Waals surface area contributed by atoms with Crippen molar-refractivity contribution in [2.75, 3.05) is 45.9 Å². The van der Waals surface area contributed by atoms with Crippen LogP contribution in [-0.4, -0.2) is 85.1 Å². The van der Waals surface area contributed by atoms with Crippen molar-refractivity contribution in [3.05, 3.63) is 35.6 Å². The normalized spacial score (nSPS) is 21.3. The average molecular weight is 409 g/mol. The van der Waals surface area contributed by atoms with Crippen LogP contribution in [0.15, 0.2) is 24.3 Å². The lowest BCUT2D eigenvalue weighted by Gasteiger charge is -2.36. The number of amides is 1. The maximum absolute atomic E-state index is 13.2. The molecule has 1 heterocycles. The Hall–Kier alpha value is -1.54. The van der Waals surface area contributed by atoms with Gasteiger partial charge in [-0.25, -0.2) is 4.39 Å². The Balaban J connectivity index is 1.55. The van der Waals surface area contributed by atoms with E-state index in [2.05, 4.69) is 4.90 Å². The van der Waals surface area contributed by atoms with Gasteiger partial charge in [0, 0.05) is 38.3 Å². The number of aliphatic hydroxyl groups is 1. The van der Waals surface area contributed by atoms with E-state index < -0.39 is 6.10 Å². The molecule has 6 nitrogen and oxygen atoms in total. The number of benzene rings is 1. The van der Waals surface area contributed by atoms with Crippen LogP contribution in [0.3, 0.4) is 0 Å². The number of carbonyl (C=O) groups excluding carboxylic acids is 1. The number of halogens is 1. The Morgan fingerprint density at radius 1 is 1.31 bits per heavy atom. The van der Waals surface area contributed by atoms with Gasteiger partial charge in [-0.2, -0.15) is 0 Å². The molecule has 1 amide bonds. The first-order chi connectivity index (χ1) is 13.9. The molecule has 2 fully saturated rings. The molecule has 7 heteroatoms. The number of nitrogens with zero attached hydrogens (tertiary/aromatic N) is 2. The van der Waals surface area contributed by atoms with Gasteiger partial charge in [-0.1, -0.05) is 0 Å². The number of ether oxygens (including phenoxy) is 2. The number of hydrogen-bond donors (Lipinski definition) is 1. The minimum atomic E-state index is -0.542. The first-order valence-corrected chi connectivity index (χ1v) is 10.6. The number of carbonyl (C=O) groups is 1. The molecular weight excluding hydrogens is 375 g/mol. The van der Waals surface area contributed by atoms with Crippen LogP contribution in [0.4, 0.5) is 4.39 Å². The predicted molar refractivity (Wildman–Crippen MR) is 108 cm³/mol. The fraction of sp³-hybridized carbons (Fsp3) is 0.682. The number of rotatable bonds is 10. The number of β-amino-alcohol motifs (C(OH)–C–C–N with tert-alkyl or cyclic N) is 1. The zero-order chi connectivity index (χ0) is 20.8. The van der Waals surface area contributed by atoms with E-state index in [1.54, 1.807) is 0 Å². The third-order valence-electron chi connectivity index (χ3n) is 5.29. The molecule has 1 N–H and O–H groups in total. The van der Waals surface area contributed by atoms with Crippen molar-refractivity contribution in [2.24, 2.45) is 5.92 Å². The van der Waals surface area contributed by atoms with Gasteiger partial charge in [0.15, 0.2) is 0 Å². The lowest BCUT2D eigenvalue weighted by Crippen LogP contribution is -2.51. The van der Waals surface area contributed by atoms with E-state index in [1.165, 1.54) is 24.3 Å². The van der Waals surface area contributed by atoms with Crippen LogP contribution in [0.25, 0.3) is 0 Å². The van der Waals surface area contributed by atoms with Crippen LogP contribution < -0.4 is 0 Å². The quantitative estimate of drug-likeness (QED) is 0.643. The molecule has 1 aromatic carbocycles. The van der Waals surface area contributed by atoms with Gasteiger partial charge in [0.1, 0.15) is 5.82 Å². The van der Waals surface area contributed by atoms with Crippen molar-refractivity contribution >= 4 is 5.91 Å². The first kappa shape index (κ1) is 22.2. The van der Waals surface area contributed by atoms with Crippen molar-refractivity contribution in [3.8, 4) is 0 Å². The summed E-state index contributed by atoms with van der Waals surface area (Å²) in [7, 11) is 0. The summed E-state index contributed by atoms with van der Waals surface area (Å²) in [5, 5.41) is 10.2. The zero-order valence-electron chi connectivity index (χ0n) is 17.4. The summed E-state index contributed by atoms with van der Waals surface area (Å²) in [5.41, 5.74) is 0.501. The molecule has 1 aliphatic carbocycles. The molecule has 1 saturated heterocycles. The highest BCUT2D eigenvalue weighted by molar-refractivity contribution is 5.94. The molecule has 0 aromatic heterocycles. The highest BCUT2D eigenvalue weighted by atomic mass is 19.1. The molecule has 1 saturated carbocycles. The van der Waals surface area contributed by atoms with Gasteiger partial charge >= 0.3 is 0 Å². The molecular formula is C22H33FN2O4. The van der Waals surface area contributed by atoms with Gasteiger partial charge in [-0.3, -0.25) is 9.69 Å². The second-order valence-corrected chi connectivity index (χ2v) is 8.45. The molecule has 3 rings (SSSR count). The van der Waals surface area contributed by atoms with Crippen molar-refractivity contribution in [1.82, 2.24) is 9.80 Å². The second kappa shape index (κ2) is 10.5. The minimum Gasteiger partial charge on any atom is -0.389 e. The lowest BCUT2D eigenvalue weighted by atomic mass is 10.1. The Kier molecular flexibility index (Phi) is 8.00. The smallest absolute Gasteiger partial charge is 0.253 e. The standard InChI is InChI=1S/C22H33FN2O4/c1-16(2)29-15-20(26)12-24-9-10-28-21(13-24)14-25(11-17-3-4-17)22(27)18-5-7-19(23)8-6-18/h5-8,16-17,20-21,26H,3-4,9-15H2,1-2H3/t20-,21-/m0/s1. The molecule has 0 spiro atoms. The van der Waals surface area contributed by atoms with Gasteiger partial charge in [-0.15, -0.1) is 0 Å². The fourth-order valence-corrected chi connectivity index (χ4v) is 3.58. The van der Waals surface area contributed by atoms with Gasteiger partial charge < -0.3 is 19.5 Å². The molecule has 2 atom stereocenters. The van der Waals surface area contributed by atoms with Crippen LogP contribution in [0.5, 0.6) is 0 Å². The topological polar surface area (TPSA) is 62.2 Å². The summed E-state index contributed by atoms with van der Waals surface area (Å²) >= 11 is 0. The molecule has 0 radical (unpaired) electrons. The Morgan fingerprint density at radius 2 is 2.03 bits per heavy atom. The van der Waals surface area contributed by atoms with E-state index in [9.17, 15) is 14.3 Å². The van der Waals surface area contributed by atoms with Crippen LogP contribution in [-0.2, 0) is 9.47 Å². The maximum atomic E-state index is 13.2. The van der Waals surface area contributed by atoms with Crippen LogP contribution in [0.1, 0.15) is 37.0 Å². The molecule has 1 aromatic rings. The summed E-state index contributed by atoms with van der Waals surface area (Å²) in [4.78, 5) is 17.0. The monoisotopic (exact) mass is 408 g/mol. The Bertz CT molecular complexity index is 651. The van der Waals surface area contributed by atoms with Crippen molar-refractivity contribution in [1.29, 1.82) is 0 Å². The average Bonchev–Trinajstić information content (AvgIpc) is 3.50. The van der Waals surface area contributed by atoms with Gasteiger partial charge in [0.2, 0.25) is 0 Å². The summed E-state index contributed by atoms with van der Waals surface area (Å²) in [6.07, 6.45) is 1.74. The highest BCUT2D eigenvalue weighted by Gasteiger charge is 2.31. The Labute approximate surface area is 172 Å². The minimum absolute atomic E-state index is 0.0806. The summed E-state index contributed by atoms with van der Waals surface area (Å²) in [5.74, 6) is 0.124. The number of morpholine rings is 1. The first-order valence-electron chi connectivity index (χ1n) is 10.6. The predicted octanol–water partition coefficient (Wildman–Crippen LogP) is 2.16. The second-order valence-electron chi connectivity index (χ2n) is 8.45. The van der Waals surface area contributed by atoms with Crippen molar-refractivity contribution < 1.29 is 23.8 Å².